The van der Waals surface area contributed by atoms with Gasteiger partial charge < -0.3 is 9.88 Å². The second-order valence-corrected chi connectivity index (χ2v) is 4.76. The van der Waals surface area contributed by atoms with Crippen LogP contribution in [0.25, 0.3) is 11.2 Å². The smallest absolute Gasteiger partial charge is 0.165 e. The van der Waals surface area contributed by atoms with Gasteiger partial charge >= 0.3 is 0 Å². The molecule has 0 saturated heterocycles. The Hall–Kier alpha value is -2.21. The van der Waals surface area contributed by atoms with E-state index in [-0.39, 0.29) is 5.02 Å². The monoisotopic (exact) mass is 291 g/mol. The summed E-state index contributed by atoms with van der Waals surface area (Å²) in [5, 5.41) is 3.26. The molecule has 102 valence electrons. The molecule has 3 aromatic rings. The van der Waals surface area contributed by atoms with Gasteiger partial charge in [-0.1, -0.05) is 17.7 Å². The van der Waals surface area contributed by atoms with E-state index in [0.29, 0.717) is 17.9 Å². The lowest BCUT2D eigenvalue weighted by atomic mass is 10.2. The van der Waals surface area contributed by atoms with Gasteiger partial charge in [-0.25, -0.2) is 19.3 Å². The maximum Gasteiger partial charge on any atom is 0.165 e. The summed E-state index contributed by atoms with van der Waals surface area (Å²) in [6.45, 7) is 0.475. The Bertz CT molecular complexity index is 771. The Morgan fingerprint density at radius 1 is 1.30 bits per heavy atom. The molecule has 0 atom stereocenters. The number of aryl methyl sites for hydroxylation is 1. The molecule has 20 heavy (non-hydrogen) atoms. The zero-order valence-electron chi connectivity index (χ0n) is 10.6. The topological polar surface area (TPSA) is 55.6 Å². The average molecular weight is 292 g/mol. The quantitative estimate of drug-likeness (QED) is 0.806. The second kappa shape index (κ2) is 5.05. The highest BCUT2D eigenvalue weighted by atomic mass is 35.5. The first-order chi connectivity index (χ1) is 9.65. The van der Waals surface area contributed by atoms with E-state index < -0.39 is 5.82 Å². The van der Waals surface area contributed by atoms with Gasteiger partial charge in [0, 0.05) is 13.6 Å². The van der Waals surface area contributed by atoms with Gasteiger partial charge in [0.05, 0.1) is 11.3 Å². The van der Waals surface area contributed by atoms with E-state index in [2.05, 4.69) is 20.3 Å². The number of fused-ring (bicyclic) bond motifs is 1. The van der Waals surface area contributed by atoms with Crippen molar-refractivity contribution in [3.05, 3.63) is 47.3 Å². The number of hydrogen-bond donors (Lipinski definition) is 1. The molecule has 0 unspecified atom stereocenters. The number of halogens is 2. The molecule has 0 radical (unpaired) electrons. The van der Waals surface area contributed by atoms with E-state index in [1.165, 1.54) is 12.4 Å². The van der Waals surface area contributed by atoms with Crippen LogP contribution in [-0.4, -0.2) is 19.5 Å². The summed E-state index contributed by atoms with van der Waals surface area (Å²) in [5.74, 6) is 0.209. The SMILES string of the molecule is Cn1cnc2c(NCc3ccc(F)c(Cl)c3)ncnc21. The van der Waals surface area contributed by atoms with Crippen molar-refractivity contribution in [3.63, 3.8) is 0 Å². The zero-order valence-corrected chi connectivity index (χ0v) is 11.4. The lowest BCUT2D eigenvalue weighted by molar-refractivity contribution is 0.627. The van der Waals surface area contributed by atoms with Crippen LogP contribution in [-0.2, 0) is 13.6 Å². The second-order valence-electron chi connectivity index (χ2n) is 4.35. The molecular weight excluding hydrogens is 281 g/mol. The number of benzene rings is 1. The predicted octanol–water partition coefficient (Wildman–Crippen LogP) is 2.77. The van der Waals surface area contributed by atoms with Gasteiger partial charge in [0.15, 0.2) is 11.5 Å². The Balaban J connectivity index is 1.85. The number of nitrogens with zero attached hydrogens (tertiary/aromatic N) is 4. The normalized spacial score (nSPS) is 10.9. The van der Waals surface area contributed by atoms with E-state index >= 15 is 0 Å². The summed E-state index contributed by atoms with van der Waals surface area (Å²) in [4.78, 5) is 12.6. The van der Waals surface area contributed by atoms with Crippen LogP contribution >= 0.6 is 11.6 Å². The highest BCUT2D eigenvalue weighted by molar-refractivity contribution is 6.30. The fraction of sp³-hybridized carbons (Fsp3) is 0.154. The van der Waals surface area contributed by atoms with E-state index in [4.69, 9.17) is 11.6 Å². The Morgan fingerprint density at radius 2 is 2.15 bits per heavy atom. The fourth-order valence-corrected chi connectivity index (χ4v) is 2.11. The minimum atomic E-state index is -0.426. The van der Waals surface area contributed by atoms with Crippen molar-refractivity contribution in [3.8, 4) is 0 Å². The molecule has 5 nitrogen and oxygen atoms in total. The van der Waals surface area contributed by atoms with Gasteiger partial charge in [0.2, 0.25) is 0 Å². The lowest BCUT2D eigenvalue weighted by Crippen LogP contribution is -2.03. The minimum absolute atomic E-state index is 0.106. The van der Waals surface area contributed by atoms with Crippen molar-refractivity contribution in [1.82, 2.24) is 19.5 Å². The number of nitrogens with one attached hydrogen (secondary N) is 1. The Kier molecular flexibility index (Phi) is 3.23. The molecule has 2 aromatic heterocycles. The first-order valence-electron chi connectivity index (χ1n) is 5.95. The summed E-state index contributed by atoms with van der Waals surface area (Å²) >= 11 is 5.75. The Morgan fingerprint density at radius 3 is 2.95 bits per heavy atom. The third-order valence-electron chi connectivity index (χ3n) is 2.94. The van der Waals surface area contributed by atoms with Crippen LogP contribution in [0.4, 0.5) is 10.2 Å². The van der Waals surface area contributed by atoms with Crippen LogP contribution in [0.2, 0.25) is 5.02 Å². The molecule has 2 heterocycles. The van der Waals surface area contributed by atoms with E-state index in [1.54, 1.807) is 18.5 Å². The van der Waals surface area contributed by atoms with Crippen molar-refractivity contribution in [2.24, 2.45) is 7.05 Å². The average Bonchev–Trinajstić information content (AvgIpc) is 2.83. The summed E-state index contributed by atoms with van der Waals surface area (Å²) < 4.78 is 14.9. The van der Waals surface area contributed by atoms with Crippen LogP contribution in [0, 0.1) is 5.82 Å². The summed E-state index contributed by atoms with van der Waals surface area (Å²) in [6.07, 6.45) is 3.16. The minimum Gasteiger partial charge on any atom is -0.364 e. The maximum atomic E-state index is 13.1. The number of rotatable bonds is 3. The number of anilines is 1. The number of imidazole rings is 1. The molecule has 7 heteroatoms. The highest BCUT2D eigenvalue weighted by Crippen LogP contribution is 2.19. The van der Waals surface area contributed by atoms with Gasteiger partial charge in [0.1, 0.15) is 17.7 Å². The molecule has 0 bridgehead atoms. The summed E-state index contributed by atoms with van der Waals surface area (Å²) in [7, 11) is 1.87. The molecule has 1 N–H and O–H groups in total. The van der Waals surface area contributed by atoms with E-state index in [0.717, 1.165) is 11.2 Å². The first-order valence-corrected chi connectivity index (χ1v) is 6.33. The zero-order chi connectivity index (χ0) is 14.1. The fourth-order valence-electron chi connectivity index (χ4n) is 1.91. The third-order valence-corrected chi connectivity index (χ3v) is 3.23. The van der Waals surface area contributed by atoms with Crippen LogP contribution in [0.1, 0.15) is 5.56 Å². The molecule has 0 amide bonds. The van der Waals surface area contributed by atoms with Crippen molar-refractivity contribution in [2.45, 2.75) is 6.54 Å². The Labute approximate surface area is 119 Å². The van der Waals surface area contributed by atoms with Crippen molar-refractivity contribution in [2.75, 3.05) is 5.32 Å². The van der Waals surface area contributed by atoms with Crippen LogP contribution in [0.3, 0.4) is 0 Å². The van der Waals surface area contributed by atoms with Gasteiger partial charge in [0.25, 0.3) is 0 Å². The largest absolute Gasteiger partial charge is 0.364 e. The third kappa shape index (κ3) is 2.30. The van der Waals surface area contributed by atoms with Gasteiger partial charge in [-0.15, -0.1) is 0 Å². The number of aromatic nitrogens is 4. The molecule has 1 aromatic carbocycles. The lowest BCUT2D eigenvalue weighted by Gasteiger charge is -2.06. The maximum absolute atomic E-state index is 13.1. The summed E-state index contributed by atoms with van der Waals surface area (Å²) in [5.41, 5.74) is 2.31. The molecule has 0 aliphatic carbocycles. The molecule has 0 saturated carbocycles. The van der Waals surface area contributed by atoms with Gasteiger partial charge in [-0.2, -0.15) is 0 Å². The van der Waals surface area contributed by atoms with Crippen LogP contribution < -0.4 is 5.32 Å². The molecule has 0 spiro atoms. The predicted molar refractivity (Wildman–Crippen MR) is 75.0 cm³/mol. The number of hydrogen-bond acceptors (Lipinski definition) is 4. The molecule has 0 fully saturated rings. The van der Waals surface area contributed by atoms with Gasteiger partial charge in [-0.3, -0.25) is 0 Å². The van der Waals surface area contributed by atoms with Crippen LogP contribution in [0.5, 0.6) is 0 Å². The molecular formula is C13H11ClFN5. The standard InChI is InChI=1S/C13H11ClFN5/c1-20-7-19-11-12(17-6-18-13(11)20)16-5-8-2-3-10(15)9(14)4-8/h2-4,6-7H,5H2,1H3,(H,16,17,18). The van der Waals surface area contributed by atoms with E-state index in [1.807, 2.05) is 11.6 Å². The van der Waals surface area contributed by atoms with Crippen molar-refractivity contribution < 1.29 is 4.39 Å². The van der Waals surface area contributed by atoms with Crippen molar-refractivity contribution >= 4 is 28.6 Å². The molecule has 0 aliphatic heterocycles. The molecule has 3 rings (SSSR count). The highest BCUT2D eigenvalue weighted by Gasteiger charge is 2.08. The van der Waals surface area contributed by atoms with E-state index in [9.17, 15) is 4.39 Å². The molecule has 0 aliphatic rings. The van der Waals surface area contributed by atoms with Gasteiger partial charge in [-0.05, 0) is 17.7 Å². The van der Waals surface area contributed by atoms with Crippen molar-refractivity contribution in [1.29, 1.82) is 0 Å². The summed E-state index contributed by atoms with van der Waals surface area (Å²) in [6, 6.07) is 4.60. The van der Waals surface area contributed by atoms with Crippen LogP contribution in [0.15, 0.2) is 30.9 Å². The first kappa shape index (κ1) is 12.8.